The van der Waals surface area contributed by atoms with Crippen molar-refractivity contribution in [3.63, 3.8) is 0 Å². The van der Waals surface area contributed by atoms with Crippen LogP contribution in [0.5, 0.6) is 0 Å². The summed E-state index contributed by atoms with van der Waals surface area (Å²) in [6.45, 7) is 0. The first-order valence-electron chi connectivity index (χ1n) is 6.82. The van der Waals surface area contributed by atoms with Crippen LogP contribution in [-0.2, 0) is 6.42 Å². The molecule has 3 aromatic carbocycles. The topological polar surface area (TPSA) is 26.0 Å². The van der Waals surface area contributed by atoms with Crippen molar-refractivity contribution in [3.05, 3.63) is 80.7 Å². The van der Waals surface area contributed by atoms with Crippen molar-refractivity contribution in [3.8, 4) is 0 Å². The van der Waals surface area contributed by atoms with E-state index in [9.17, 15) is 0 Å². The molecule has 3 heteroatoms. The normalized spacial score (nSPS) is 12.5. The Morgan fingerprint density at radius 3 is 2.38 bits per heavy atom. The third-order valence-electron chi connectivity index (χ3n) is 3.63. The first-order chi connectivity index (χ1) is 10.1. The highest BCUT2D eigenvalue weighted by molar-refractivity contribution is 9.11. The van der Waals surface area contributed by atoms with Crippen molar-refractivity contribution in [1.82, 2.24) is 0 Å². The largest absolute Gasteiger partial charge is 0.324 e. The molecule has 0 aliphatic rings. The fourth-order valence-electron chi connectivity index (χ4n) is 2.53. The molecule has 0 radical (unpaired) electrons. The Morgan fingerprint density at radius 2 is 1.62 bits per heavy atom. The Kier molecular flexibility index (Phi) is 4.43. The van der Waals surface area contributed by atoms with E-state index < -0.39 is 0 Å². The van der Waals surface area contributed by atoms with Crippen molar-refractivity contribution < 1.29 is 0 Å². The highest BCUT2D eigenvalue weighted by Crippen LogP contribution is 2.28. The minimum atomic E-state index is -0.0198. The number of benzene rings is 3. The Bertz CT molecular complexity index is 783. The molecule has 0 saturated carbocycles. The van der Waals surface area contributed by atoms with Gasteiger partial charge in [0.15, 0.2) is 0 Å². The molecule has 2 N–H and O–H groups in total. The second-order valence-corrected chi connectivity index (χ2v) is 6.93. The van der Waals surface area contributed by atoms with Crippen LogP contribution in [0, 0.1) is 0 Å². The molecule has 0 fully saturated rings. The predicted molar refractivity (Wildman–Crippen MR) is 96.4 cm³/mol. The average molecular weight is 405 g/mol. The van der Waals surface area contributed by atoms with Gasteiger partial charge in [0.2, 0.25) is 0 Å². The number of fused-ring (bicyclic) bond motifs is 1. The quantitative estimate of drug-likeness (QED) is 0.603. The summed E-state index contributed by atoms with van der Waals surface area (Å²) in [5, 5.41) is 2.52. The molecule has 1 unspecified atom stereocenters. The lowest BCUT2D eigenvalue weighted by Gasteiger charge is -2.15. The summed E-state index contributed by atoms with van der Waals surface area (Å²) in [4.78, 5) is 0. The van der Waals surface area contributed by atoms with Crippen LogP contribution in [0.15, 0.2) is 69.6 Å². The van der Waals surface area contributed by atoms with E-state index in [1.165, 1.54) is 16.3 Å². The van der Waals surface area contributed by atoms with Gasteiger partial charge in [-0.15, -0.1) is 0 Å². The molecule has 0 aliphatic carbocycles. The Labute approximate surface area is 141 Å². The maximum atomic E-state index is 6.38. The van der Waals surface area contributed by atoms with Crippen LogP contribution in [-0.4, -0.2) is 0 Å². The van der Waals surface area contributed by atoms with Gasteiger partial charge in [0.05, 0.1) is 0 Å². The van der Waals surface area contributed by atoms with Crippen LogP contribution in [0.2, 0.25) is 0 Å². The molecular formula is C18H15Br2N. The van der Waals surface area contributed by atoms with Crippen LogP contribution < -0.4 is 5.73 Å². The molecule has 1 atom stereocenters. The van der Waals surface area contributed by atoms with Gasteiger partial charge in [-0.3, -0.25) is 0 Å². The number of hydrogen-bond donors (Lipinski definition) is 1. The Hall–Kier alpha value is -1.16. The number of rotatable bonds is 3. The van der Waals surface area contributed by atoms with Crippen molar-refractivity contribution in [2.45, 2.75) is 12.5 Å². The summed E-state index contributed by atoms with van der Waals surface area (Å²) in [5.41, 5.74) is 8.77. The fraction of sp³-hybridized carbons (Fsp3) is 0.111. The van der Waals surface area contributed by atoms with Gasteiger partial charge in [-0.2, -0.15) is 0 Å². The fourth-order valence-corrected chi connectivity index (χ4v) is 3.87. The molecule has 21 heavy (non-hydrogen) atoms. The molecule has 0 aromatic heterocycles. The lowest BCUT2D eigenvalue weighted by atomic mass is 9.98. The van der Waals surface area contributed by atoms with Crippen molar-refractivity contribution in [2.75, 3.05) is 0 Å². The summed E-state index contributed by atoms with van der Waals surface area (Å²) in [6, 6.07) is 21.1. The first kappa shape index (κ1) is 14.8. The monoisotopic (exact) mass is 403 g/mol. The van der Waals surface area contributed by atoms with E-state index in [1.807, 2.05) is 12.1 Å². The molecule has 0 amide bonds. The number of hydrogen-bond acceptors (Lipinski definition) is 1. The minimum absolute atomic E-state index is 0.0198. The Balaban J connectivity index is 1.87. The summed E-state index contributed by atoms with van der Waals surface area (Å²) in [5.74, 6) is 0. The van der Waals surface area contributed by atoms with Gasteiger partial charge in [-0.25, -0.2) is 0 Å². The second kappa shape index (κ2) is 6.30. The third-order valence-corrected chi connectivity index (χ3v) is 4.81. The minimum Gasteiger partial charge on any atom is -0.324 e. The lowest BCUT2D eigenvalue weighted by Crippen LogP contribution is -2.14. The highest BCUT2D eigenvalue weighted by Gasteiger charge is 2.11. The van der Waals surface area contributed by atoms with Crippen LogP contribution in [0.1, 0.15) is 17.2 Å². The maximum Gasteiger partial charge on any atom is 0.0347 e. The van der Waals surface area contributed by atoms with Crippen LogP contribution in [0.3, 0.4) is 0 Å². The molecule has 0 heterocycles. The van der Waals surface area contributed by atoms with Gasteiger partial charge in [-0.05, 0) is 40.5 Å². The smallest absolute Gasteiger partial charge is 0.0347 e. The predicted octanol–water partition coefficient (Wildman–Crippen LogP) is 5.61. The summed E-state index contributed by atoms with van der Waals surface area (Å²) in [7, 11) is 0. The molecule has 0 saturated heterocycles. The summed E-state index contributed by atoms with van der Waals surface area (Å²) < 4.78 is 2.10. The van der Waals surface area contributed by atoms with Gasteiger partial charge in [0.25, 0.3) is 0 Å². The molecule has 0 aliphatic heterocycles. The molecule has 3 rings (SSSR count). The van der Waals surface area contributed by atoms with E-state index in [0.29, 0.717) is 0 Å². The molecule has 3 aromatic rings. The van der Waals surface area contributed by atoms with Crippen LogP contribution in [0.25, 0.3) is 10.8 Å². The zero-order valence-corrected chi connectivity index (χ0v) is 14.6. The van der Waals surface area contributed by atoms with Gasteiger partial charge < -0.3 is 5.73 Å². The third kappa shape index (κ3) is 3.37. The molecular weight excluding hydrogens is 390 g/mol. The van der Waals surface area contributed by atoms with Gasteiger partial charge in [0, 0.05) is 15.0 Å². The second-order valence-electron chi connectivity index (χ2n) is 5.16. The first-order valence-corrected chi connectivity index (χ1v) is 8.40. The van der Waals surface area contributed by atoms with E-state index in [-0.39, 0.29) is 6.04 Å². The van der Waals surface area contributed by atoms with Crippen LogP contribution in [0.4, 0.5) is 0 Å². The SMILES string of the molecule is NC(Cc1ccc2ccccc2c1)c1ccc(Br)cc1Br. The van der Waals surface area contributed by atoms with E-state index >= 15 is 0 Å². The van der Waals surface area contributed by atoms with Crippen LogP contribution >= 0.6 is 31.9 Å². The van der Waals surface area contributed by atoms with Crippen molar-refractivity contribution >= 4 is 42.6 Å². The maximum absolute atomic E-state index is 6.38. The molecule has 0 bridgehead atoms. The lowest BCUT2D eigenvalue weighted by molar-refractivity contribution is 0.719. The number of nitrogens with two attached hydrogens (primary N) is 1. The zero-order valence-electron chi connectivity index (χ0n) is 11.4. The van der Waals surface area contributed by atoms with E-state index in [4.69, 9.17) is 5.73 Å². The van der Waals surface area contributed by atoms with E-state index in [1.54, 1.807) is 0 Å². The standard InChI is InChI=1S/C18H15Br2N/c19-15-7-8-16(17(20)11-15)18(21)10-12-5-6-13-3-1-2-4-14(13)9-12/h1-9,11,18H,10,21H2. The van der Waals surface area contributed by atoms with Crippen molar-refractivity contribution in [1.29, 1.82) is 0 Å². The number of halogens is 2. The Morgan fingerprint density at radius 1 is 0.857 bits per heavy atom. The van der Waals surface area contributed by atoms with Gasteiger partial charge in [-0.1, -0.05) is 80.4 Å². The zero-order chi connectivity index (χ0) is 14.8. The molecule has 1 nitrogen and oxygen atoms in total. The summed E-state index contributed by atoms with van der Waals surface area (Å²) >= 11 is 7.06. The average Bonchev–Trinajstić information content (AvgIpc) is 2.47. The molecule has 106 valence electrons. The van der Waals surface area contributed by atoms with Gasteiger partial charge in [0.1, 0.15) is 0 Å². The van der Waals surface area contributed by atoms with E-state index in [2.05, 4.69) is 80.4 Å². The van der Waals surface area contributed by atoms with E-state index in [0.717, 1.165) is 20.9 Å². The molecule has 0 spiro atoms. The highest BCUT2D eigenvalue weighted by atomic mass is 79.9. The van der Waals surface area contributed by atoms with Crippen molar-refractivity contribution in [2.24, 2.45) is 5.73 Å². The van der Waals surface area contributed by atoms with Gasteiger partial charge >= 0.3 is 0 Å². The summed E-state index contributed by atoms with van der Waals surface area (Å²) in [6.07, 6.45) is 0.824.